The van der Waals surface area contributed by atoms with Crippen molar-refractivity contribution in [3.05, 3.63) is 0 Å². The van der Waals surface area contributed by atoms with Gasteiger partial charge >= 0.3 is 6.03 Å². The highest BCUT2D eigenvalue weighted by molar-refractivity contribution is 5.71. The highest BCUT2D eigenvalue weighted by Gasteiger charge is 2.21. The Bertz CT molecular complexity index is 190. The predicted molar refractivity (Wildman–Crippen MR) is 57.0 cm³/mol. The number of urea groups is 1. The second kappa shape index (κ2) is 5.20. The van der Waals surface area contributed by atoms with Crippen molar-refractivity contribution in [1.29, 1.82) is 0 Å². The maximum Gasteiger partial charge on any atom is 0.314 e. The number of nitrogens with two attached hydrogens (primary N) is 1. The van der Waals surface area contributed by atoms with Gasteiger partial charge in [0.25, 0.3) is 0 Å². The van der Waals surface area contributed by atoms with Gasteiger partial charge in [0.15, 0.2) is 0 Å². The topological polar surface area (TPSA) is 58.4 Å². The molecule has 4 heteroatoms. The van der Waals surface area contributed by atoms with Gasteiger partial charge in [-0.25, -0.2) is 4.79 Å². The van der Waals surface area contributed by atoms with Crippen LogP contribution in [0.4, 0.5) is 4.79 Å². The van der Waals surface area contributed by atoms with Crippen molar-refractivity contribution < 1.29 is 4.79 Å². The molecule has 0 aromatic rings. The normalized spacial score (nSPS) is 24.3. The zero-order valence-corrected chi connectivity index (χ0v) is 9.12. The minimum atomic E-state index is -0.340. The molecule has 2 unspecified atom stereocenters. The Morgan fingerprint density at radius 1 is 1.64 bits per heavy atom. The SMILES string of the molecule is CC(CN(C)C(N)=O)C1CCCCN1. The molecule has 0 radical (unpaired) electrons. The average molecular weight is 199 g/mol. The van der Waals surface area contributed by atoms with Crippen LogP contribution in [0.5, 0.6) is 0 Å². The monoisotopic (exact) mass is 199 g/mol. The van der Waals surface area contributed by atoms with Crippen molar-refractivity contribution in [2.45, 2.75) is 32.2 Å². The molecular formula is C10H21N3O. The summed E-state index contributed by atoms with van der Waals surface area (Å²) >= 11 is 0. The van der Waals surface area contributed by atoms with Gasteiger partial charge in [0.1, 0.15) is 0 Å². The highest BCUT2D eigenvalue weighted by Crippen LogP contribution is 2.15. The van der Waals surface area contributed by atoms with Gasteiger partial charge in [-0.3, -0.25) is 0 Å². The Morgan fingerprint density at radius 2 is 2.36 bits per heavy atom. The molecule has 0 aliphatic carbocycles. The molecule has 1 heterocycles. The molecule has 14 heavy (non-hydrogen) atoms. The van der Waals surface area contributed by atoms with E-state index in [4.69, 9.17) is 5.73 Å². The Morgan fingerprint density at radius 3 is 2.86 bits per heavy atom. The number of carbonyl (C=O) groups is 1. The summed E-state index contributed by atoms with van der Waals surface area (Å²) in [7, 11) is 1.75. The molecule has 0 aromatic carbocycles. The molecule has 1 aliphatic rings. The van der Waals surface area contributed by atoms with Crippen molar-refractivity contribution >= 4 is 6.03 Å². The van der Waals surface area contributed by atoms with Crippen LogP contribution in [0.2, 0.25) is 0 Å². The molecule has 0 spiro atoms. The van der Waals surface area contributed by atoms with Crippen LogP contribution >= 0.6 is 0 Å². The van der Waals surface area contributed by atoms with Crippen molar-refractivity contribution in [2.75, 3.05) is 20.1 Å². The van der Waals surface area contributed by atoms with Crippen LogP contribution in [-0.4, -0.2) is 37.1 Å². The van der Waals surface area contributed by atoms with E-state index in [1.165, 1.54) is 19.3 Å². The molecule has 2 amide bonds. The van der Waals surface area contributed by atoms with Crippen LogP contribution in [0.25, 0.3) is 0 Å². The van der Waals surface area contributed by atoms with Crippen LogP contribution < -0.4 is 11.1 Å². The molecular weight excluding hydrogens is 178 g/mol. The second-order valence-electron chi connectivity index (χ2n) is 4.25. The summed E-state index contributed by atoms with van der Waals surface area (Å²) < 4.78 is 0. The zero-order chi connectivity index (χ0) is 10.6. The number of nitrogens with one attached hydrogen (secondary N) is 1. The Kier molecular flexibility index (Phi) is 4.20. The Hall–Kier alpha value is -0.770. The van der Waals surface area contributed by atoms with Crippen LogP contribution in [0.3, 0.4) is 0 Å². The Labute approximate surface area is 85.8 Å². The number of nitrogens with zero attached hydrogens (tertiary/aromatic N) is 1. The van der Waals surface area contributed by atoms with E-state index >= 15 is 0 Å². The fraction of sp³-hybridized carbons (Fsp3) is 0.900. The van der Waals surface area contributed by atoms with E-state index in [2.05, 4.69) is 12.2 Å². The smallest absolute Gasteiger partial charge is 0.314 e. The first kappa shape index (κ1) is 11.3. The number of hydrogen-bond donors (Lipinski definition) is 2. The first-order valence-corrected chi connectivity index (χ1v) is 5.35. The average Bonchev–Trinajstić information content (AvgIpc) is 2.19. The predicted octanol–water partition coefficient (Wildman–Crippen LogP) is 0.775. The number of carbonyl (C=O) groups excluding carboxylic acids is 1. The van der Waals surface area contributed by atoms with Crippen molar-refractivity contribution in [1.82, 2.24) is 10.2 Å². The van der Waals surface area contributed by atoms with Gasteiger partial charge in [-0.1, -0.05) is 13.3 Å². The largest absolute Gasteiger partial charge is 0.351 e. The fourth-order valence-corrected chi connectivity index (χ4v) is 2.01. The summed E-state index contributed by atoms with van der Waals surface area (Å²) in [6.07, 6.45) is 3.78. The summed E-state index contributed by atoms with van der Waals surface area (Å²) in [5.74, 6) is 0.479. The third-order valence-corrected chi connectivity index (χ3v) is 2.97. The maximum atomic E-state index is 10.8. The van der Waals surface area contributed by atoms with Gasteiger partial charge in [-0.2, -0.15) is 0 Å². The van der Waals surface area contributed by atoms with Crippen molar-refractivity contribution in [3.8, 4) is 0 Å². The van der Waals surface area contributed by atoms with Gasteiger partial charge in [-0.15, -0.1) is 0 Å². The molecule has 0 aromatic heterocycles. The zero-order valence-electron chi connectivity index (χ0n) is 9.12. The van der Waals surface area contributed by atoms with Gasteiger partial charge in [0.2, 0.25) is 0 Å². The second-order valence-corrected chi connectivity index (χ2v) is 4.25. The highest BCUT2D eigenvalue weighted by atomic mass is 16.2. The lowest BCUT2D eigenvalue weighted by Crippen LogP contribution is -2.45. The molecule has 82 valence electrons. The molecule has 1 rings (SSSR count). The molecule has 1 fully saturated rings. The van der Waals surface area contributed by atoms with Crippen LogP contribution in [0, 0.1) is 5.92 Å². The summed E-state index contributed by atoms with van der Waals surface area (Å²) in [4.78, 5) is 12.4. The van der Waals surface area contributed by atoms with Crippen molar-refractivity contribution in [2.24, 2.45) is 11.7 Å². The first-order chi connectivity index (χ1) is 6.61. The third kappa shape index (κ3) is 3.18. The lowest BCUT2D eigenvalue weighted by atomic mass is 9.93. The van der Waals surface area contributed by atoms with E-state index in [1.807, 2.05) is 0 Å². The minimum absolute atomic E-state index is 0.340. The standard InChI is InChI=1S/C10H21N3O/c1-8(7-13(2)10(11)14)9-5-3-4-6-12-9/h8-9,12H,3-7H2,1-2H3,(H2,11,14). The van der Waals surface area contributed by atoms with E-state index in [-0.39, 0.29) is 6.03 Å². The molecule has 3 N–H and O–H groups in total. The summed E-state index contributed by atoms with van der Waals surface area (Å²) in [5.41, 5.74) is 5.18. The third-order valence-electron chi connectivity index (χ3n) is 2.97. The van der Waals surface area contributed by atoms with E-state index in [0.717, 1.165) is 13.1 Å². The molecule has 1 aliphatic heterocycles. The van der Waals surface area contributed by atoms with E-state index in [9.17, 15) is 4.79 Å². The molecule has 4 nitrogen and oxygen atoms in total. The molecule has 0 bridgehead atoms. The lowest BCUT2D eigenvalue weighted by molar-refractivity contribution is 0.199. The van der Waals surface area contributed by atoms with Crippen molar-refractivity contribution in [3.63, 3.8) is 0 Å². The Balaban J connectivity index is 2.32. The molecule has 2 atom stereocenters. The summed E-state index contributed by atoms with van der Waals surface area (Å²) in [6, 6.07) is 0.207. The minimum Gasteiger partial charge on any atom is -0.351 e. The maximum absolute atomic E-state index is 10.8. The number of piperidine rings is 1. The summed E-state index contributed by atoms with van der Waals surface area (Å²) in [6.45, 7) is 4.02. The van der Waals surface area contributed by atoms with Gasteiger partial charge < -0.3 is 16.0 Å². The van der Waals surface area contributed by atoms with Gasteiger partial charge in [-0.05, 0) is 25.3 Å². The van der Waals surface area contributed by atoms with E-state index in [0.29, 0.717) is 12.0 Å². The number of hydrogen-bond acceptors (Lipinski definition) is 2. The molecule has 1 saturated heterocycles. The summed E-state index contributed by atoms with van der Waals surface area (Å²) in [5, 5.41) is 3.48. The van der Waals surface area contributed by atoms with E-state index < -0.39 is 0 Å². The van der Waals surface area contributed by atoms with Crippen LogP contribution in [0.1, 0.15) is 26.2 Å². The number of primary amides is 1. The van der Waals surface area contributed by atoms with Gasteiger partial charge in [0, 0.05) is 19.6 Å². The lowest BCUT2D eigenvalue weighted by Gasteiger charge is -2.31. The quantitative estimate of drug-likeness (QED) is 0.705. The fourth-order valence-electron chi connectivity index (χ4n) is 2.01. The van der Waals surface area contributed by atoms with Crippen LogP contribution in [-0.2, 0) is 0 Å². The van der Waals surface area contributed by atoms with Gasteiger partial charge in [0.05, 0.1) is 0 Å². The first-order valence-electron chi connectivity index (χ1n) is 5.35. The molecule has 0 saturated carbocycles. The van der Waals surface area contributed by atoms with E-state index in [1.54, 1.807) is 11.9 Å². The number of rotatable bonds is 3. The van der Waals surface area contributed by atoms with Crippen LogP contribution in [0.15, 0.2) is 0 Å². The number of amides is 2.